The molecule has 0 radical (unpaired) electrons. The molecule has 1 saturated heterocycles. The van der Waals surface area contributed by atoms with Gasteiger partial charge in [-0.05, 0) is 39.4 Å². The first-order chi connectivity index (χ1) is 6.74. The molecule has 0 spiro atoms. The highest BCUT2D eigenvalue weighted by Gasteiger charge is 2.19. The van der Waals surface area contributed by atoms with Crippen molar-refractivity contribution in [2.45, 2.75) is 38.6 Å². The minimum absolute atomic E-state index is 0.508. The van der Waals surface area contributed by atoms with Crippen LogP contribution in [0.2, 0.25) is 0 Å². The second kappa shape index (κ2) is 6.49. The predicted octanol–water partition coefficient (Wildman–Crippen LogP) is 1.84. The highest BCUT2D eigenvalue weighted by Crippen LogP contribution is 2.07. The summed E-state index contributed by atoms with van der Waals surface area (Å²) >= 11 is 5.30. The highest BCUT2D eigenvalue weighted by molar-refractivity contribution is 7.80. The fraction of sp³-hybridized carbons (Fsp3) is 0.909. The molecule has 1 rings (SSSR count). The van der Waals surface area contributed by atoms with Crippen LogP contribution >= 0.6 is 12.2 Å². The lowest BCUT2D eigenvalue weighted by molar-refractivity contribution is 0.317. The molecule has 0 saturated carbocycles. The van der Waals surface area contributed by atoms with Crippen LogP contribution in [0.5, 0.6) is 0 Å². The molecular formula is C11H22N2S. The lowest BCUT2D eigenvalue weighted by Gasteiger charge is -2.18. The molecule has 1 atom stereocenters. The molecule has 0 aromatic carbocycles. The van der Waals surface area contributed by atoms with Gasteiger partial charge in [0.2, 0.25) is 0 Å². The number of rotatable bonds is 6. The molecule has 1 unspecified atom stereocenters. The van der Waals surface area contributed by atoms with Crippen molar-refractivity contribution in [3.63, 3.8) is 0 Å². The molecule has 1 fully saturated rings. The molecule has 1 N–H and O–H groups in total. The zero-order valence-electron chi connectivity index (χ0n) is 9.38. The van der Waals surface area contributed by atoms with Crippen LogP contribution < -0.4 is 5.32 Å². The summed E-state index contributed by atoms with van der Waals surface area (Å²) < 4.78 is 0. The first-order valence-electron chi connectivity index (χ1n) is 5.68. The Bertz CT molecular complexity index is 182. The highest BCUT2D eigenvalue weighted by atomic mass is 32.1. The van der Waals surface area contributed by atoms with Crippen LogP contribution in [-0.2, 0) is 0 Å². The van der Waals surface area contributed by atoms with Crippen molar-refractivity contribution >= 4 is 17.1 Å². The number of nitrogens with zero attached hydrogens (tertiary/aromatic N) is 1. The van der Waals surface area contributed by atoms with Gasteiger partial charge in [0.05, 0.1) is 0 Å². The molecule has 0 aliphatic carbocycles. The van der Waals surface area contributed by atoms with Crippen molar-refractivity contribution in [1.82, 2.24) is 10.2 Å². The maximum Gasteiger partial charge on any atom is 0.0396 e. The third-order valence-corrected chi connectivity index (χ3v) is 3.33. The zero-order chi connectivity index (χ0) is 10.4. The summed E-state index contributed by atoms with van der Waals surface area (Å²) in [6.45, 7) is 5.71. The summed E-state index contributed by atoms with van der Waals surface area (Å²) in [7, 11) is 2.20. The Morgan fingerprint density at radius 3 is 2.86 bits per heavy atom. The molecule has 0 aromatic rings. The molecule has 0 aromatic heterocycles. The predicted molar refractivity (Wildman–Crippen MR) is 66.0 cm³/mol. The maximum absolute atomic E-state index is 5.30. The van der Waals surface area contributed by atoms with Gasteiger partial charge in [-0.3, -0.25) is 0 Å². The molecule has 3 heteroatoms. The van der Waals surface area contributed by atoms with Gasteiger partial charge in [0, 0.05) is 17.5 Å². The molecule has 0 bridgehead atoms. The van der Waals surface area contributed by atoms with Crippen LogP contribution in [0, 0.1) is 0 Å². The fourth-order valence-corrected chi connectivity index (χ4v) is 2.11. The van der Waals surface area contributed by atoms with Crippen LogP contribution in [0.25, 0.3) is 0 Å². The molecular weight excluding hydrogens is 192 g/mol. The van der Waals surface area contributed by atoms with E-state index in [1.165, 1.54) is 30.7 Å². The van der Waals surface area contributed by atoms with Crippen molar-refractivity contribution in [1.29, 1.82) is 0 Å². The summed E-state index contributed by atoms with van der Waals surface area (Å²) in [5.41, 5.74) is 0. The smallest absolute Gasteiger partial charge is 0.0396 e. The Labute approximate surface area is 93.1 Å². The van der Waals surface area contributed by atoms with Crippen molar-refractivity contribution in [2.24, 2.45) is 0 Å². The van der Waals surface area contributed by atoms with Crippen molar-refractivity contribution < 1.29 is 0 Å². The van der Waals surface area contributed by atoms with Crippen LogP contribution in [0.3, 0.4) is 0 Å². The van der Waals surface area contributed by atoms with E-state index in [4.69, 9.17) is 12.2 Å². The van der Waals surface area contributed by atoms with Gasteiger partial charge in [0.25, 0.3) is 0 Å². The molecule has 1 aliphatic rings. The van der Waals surface area contributed by atoms with Gasteiger partial charge in [-0.2, -0.15) is 0 Å². The van der Waals surface area contributed by atoms with E-state index in [0.29, 0.717) is 6.04 Å². The quantitative estimate of drug-likeness (QED) is 0.679. The Kier molecular flexibility index (Phi) is 5.60. The summed E-state index contributed by atoms with van der Waals surface area (Å²) in [5.74, 6) is 0. The first kappa shape index (κ1) is 12.1. The van der Waals surface area contributed by atoms with Crippen molar-refractivity contribution in [2.75, 3.05) is 26.7 Å². The standard InChI is InChI=1S/C11H22N2S/c1-3-4-8-13(2)9-6-10-11(14)5-7-12-10/h10,12H,3-9H2,1-2H3. The minimum Gasteiger partial charge on any atom is -0.309 e. The number of nitrogens with one attached hydrogen (secondary N) is 1. The van der Waals surface area contributed by atoms with Gasteiger partial charge in [-0.25, -0.2) is 0 Å². The lowest BCUT2D eigenvalue weighted by Crippen LogP contribution is -2.32. The second-order valence-corrected chi connectivity index (χ2v) is 4.69. The number of unbranched alkanes of at least 4 members (excludes halogenated alkanes) is 1. The van der Waals surface area contributed by atoms with Crippen LogP contribution in [0.15, 0.2) is 0 Å². The van der Waals surface area contributed by atoms with Gasteiger partial charge >= 0.3 is 0 Å². The lowest BCUT2D eigenvalue weighted by atomic mass is 10.1. The number of thiocarbonyl (C=S) groups is 1. The van der Waals surface area contributed by atoms with E-state index < -0.39 is 0 Å². The molecule has 1 heterocycles. The monoisotopic (exact) mass is 214 g/mol. The van der Waals surface area contributed by atoms with E-state index in [1.807, 2.05) is 0 Å². The van der Waals surface area contributed by atoms with Gasteiger partial charge in [0.15, 0.2) is 0 Å². The Balaban J connectivity index is 2.10. The summed E-state index contributed by atoms with van der Waals surface area (Å²) in [6.07, 6.45) is 4.86. The van der Waals surface area contributed by atoms with Gasteiger partial charge < -0.3 is 10.2 Å². The Hall–Kier alpha value is 0.01000. The average Bonchev–Trinajstić information content (AvgIpc) is 2.58. The van der Waals surface area contributed by atoms with E-state index in [1.54, 1.807) is 0 Å². The molecule has 14 heavy (non-hydrogen) atoms. The zero-order valence-corrected chi connectivity index (χ0v) is 10.2. The molecule has 0 amide bonds. The molecule has 2 nitrogen and oxygen atoms in total. The van der Waals surface area contributed by atoms with Gasteiger partial charge in [-0.15, -0.1) is 0 Å². The first-order valence-corrected chi connectivity index (χ1v) is 6.09. The second-order valence-electron chi connectivity index (χ2n) is 4.17. The fourth-order valence-electron chi connectivity index (χ4n) is 1.81. The number of hydrogen-bond acceptors (Lipinski definition) is 3. The van der Waals surface area contributed by atoms with E-state index in [9.17, 15) is 0 Å². The Morgan fingerprint density at radius 1 is 1.50 bits per heavy atom. The summed E-state index contributed by atoms with van der Waals surface area (Å²) in [5, 5.41) is 3.45. The van der Waals surface area contributed by atoms with E-state index in [0.717, 1.165) is 19.5 Å². The van der Waals surface area contributed by atoms with Crippen molar-refractivity contribution in [3.05, 3.63) is 0 Å². The normalized spacial score (nSPS) is 22.2. The average molecular weight is 214 g/mol. The maximum atomic E-state index is 5.30. The minimum atomic E-state index is 0.508. The number of hydrogen-bond donors (Lipinski definition) is 1. The van der Waals surface area contributed by atoms with E-state index in [2.05, 4.69) is 24.2 Å². The largest absolute Gasteiger partial charge is 0.309 e. The topological polar surface area (TPSA) is 15.3 Å². The molecule has 1 aliphatic heterocycles. The van der Waals surface area contributed by atoms with Crippen molar-refractivity contribution in [3.8, 4) is 0 Å². The Morgan fingerprint density at radius 2 is 2.29 bits per heavy atom. The summed E-state index contributed by atoms with van der Waals surface area (Å²) in [6, 6.07) is 0.508. The third-order valence-electron chi connectivity index (χ3n) is 2.84. The third kappa shape index (κ3) is 4.03. The summed E-state index contributed by atoms with van der Waals surface area (Å²) in [4.78, 5) is 3.64. The van der Waals surface area contributed by atoms with Gasteiger partial charge in [-0.1, -0.05) is 25.6 Å². The SMILES string of the molecule is CCCCN(C)CCC1NCCC1=S. The van der Waals surface area contributed by atoms with Crippen LogP contribution in [0.1, 0.15) is 32.6 Å². The van der Waals surface area contributed by atoms with E-state index in [-0.39, 0.29) is 0 Å². The van der Waals surface area contributed by atoms with Crippen LogP contribution in [0.4, 0.5) is 0 Å². The van der Waals surface area contributed by atoms with Crippen LogP contribution in [-0.4, -0.2) is 42.5 Å². The van der Waals surface area contributed by atoms with E-state index >= 15 is 0 Å². The molecule has 82 valence electrons. The van der Waals surface area contributed by atoms with Gasteiger partial charge in [0.1, 0.15) is 0 Å².